The van der Waals surface area contributed by atoms with Crippen LogP contribution in [0.3, 0.4) is 0 Å². The lowest BCUT2D eigenvalue weighted by atomic mass is 10.0. The standard InChI is InChI=1S/C21H24N4S/c1-24(14-18-6-2-3-10-22-18)19-8-11-25(12-9-19)20-7-4-5-17(13-20)21-15-26-16-23-21/h2-7,10,13,15-16,19H,8-9,11-12,14H2,1H3. The van der Waals surface area contributed by atoms with E-state index in [-0.39, 0.29) is 0 Å². The monoisotopic (exact) mass is 364 g/mol. The minimum absolute atomic E-state index is 0.620. The number of thiazole rings is 1. The van der Waals surface area contributed by atoms with Crippen molar-refractivity contribution in [2.24, 2.45) is 0 Å². The molecule has 134 valence electrons. The Bertz CT molecular complexity index is 811. The average molecular weight is 365 g/mol. The van der Waals surface area contributed by atoms with Crippen molar-refractivity contribution in [2.75, 3.05) is 25.0 Å². The molecule has 4 nitrogen and oxygen atoms in total. The lowest BCUT2D eigenvalue weighted by molar-refractivity contribution is 0.198. The van der Waals surface area contributed by atoms with Crippen LogP contribution in [0.15, 0.2) is 59.6 Å². The number of hydrogen-bond donors (Lipinski definition) is 0. The van der Waals surface area contributed by atoms with Crippen LogP contribution in [0.1, 0.15) is 18.5 Å². The molecule has 0 bridgehead atoms. The van der Waals surface area contributed by atoms with Gasteiger partial charge in [-0.15, -0.1) is 11.3 Å². The van der Waals surface area contributed by atoms with Gasteiger partial charge < -0.3 is 4.90 Å². The third-order valence-electron chi connectivity index (χ3n) is 5.16. The van der Waals surface area contributed by atoms with E-state index in [1.54, 1.807) is 11.3 Å². The SMILES string of the molecule is CN(Cc1ccccn1)C1CCN(c2cccc(-c3cscn3)c2)CC1. The zero-order valence-electron chi connectivity index (χ0n) is 15.1. The molecule has 0 unspecified atom stereocenters. The van der Waals surface area contributed by atoms with Crippen molar-refractivity contribution < 1.29 is 0 Å². The number of piperidine rings is 1. The number of aromatic nitrogens is 2. The number of hydrogen-bond acceptors (Lipinski definition) is 5. The van der Waals surface area contributed by atoms with Crippen molar-refractivity contribution in [3.05, 3.63) is 65.2 Å². The molecule has 1 saturated heterocycles. The van der Waals surface area contributed by atoms with E-state index in [4.69, 9.17) is 0 Å². The van der Waals surface area contributed by atoms with Crippen molar-refractivity contribution in [1.29, 1.82) is 0 Å². The molecule has 0 radical (unpaired) electrons. The molecule has 0 amide bonds. The topological polar surface area (TPSA) is 32.3 Å². The summed E-state index contributed by atoms with van der Waals surface area (Å²) in [5, 5.41) is 2.11. The summed E-state index contributed by atoms with van der Waals surface area (Å²) >= 11 is 1.64. The molecule has 5 heteroatoms. The van der Waals surface area contributed by atoms with E-state index < -0.39 is 0 Å². The Hall–Kier alpha value is -2.24. The summed E-state index contributed by atoms with van der Waals surface area (Å²) < 4.78 is 0. The summed E-state index contributed by atoms with van der Waals surface area (Å²) in [7, 11) is 2.22. The summed E-state index contributed by atoms with van der Waals surface area (Å²) in [6, 6.07) is 15.5. The Labute approximate surface area is 159 Å². The number of benzene rings is 1. The molecule has 0 saturated carbocycles. The summed E-state index contributed by atoms with van der Waals surface area (Å²) in [5.74, 6) is 0. The maximum absolute atomic E-state index is 4.45. The first-order valence-electron chi connectivity index (χ1n) is 9.13. The van der Waals surface area contributed by atoms with Crippen molar-refractivity contribution in [3.8, 4) is 11.3 Å². The van der Waals surface area contributed by atoms with Gasteiger partial charge in [-0.25, -0.2) is 4.98 Å². The highest BCUT2D eigenvalue weighted by Crippen LogP contribution is 2.27. The van der Waals surface area contributed by atoms with Crippen molar-refractivity contribution in [2.45, 2.75) is 25.4 Å². The fraction of sp³-hybridized carbons (Fsp3) is 0.333. The maximum atomic E-state index is 4.45. The van der Waals surface area contributed by atoms with Crippen LogP contribution in [-0.2, 0) is 6.54 Å². The molecule has 3 heterocycles. The first-order valence-corrected chi connectivity index (χ1v) is 10.1. The lowest BCUT2D eigenvalue weighted by Gasteiger charge is -2.38. The van der Waals surface area contributed by atoms with Crippen LogP contribution >= 0.6 is 11.3 Å². The number of pyridine rings is 1. The van der Waals surface area contributed by atoms with Crippen LogP contribution in [0.25, 0.3) is 11.3 Å². The van der Waals surface area contributed by atoms with Gasteiger partial charge in [0.15, 0.2) is 0 Å². The molecular formula is C21H24N4S. The molecule has 1 aromatic carbocycles. The third kappa shape index (κ3) is 3.94. The Morgan fingerprint density at radius 1 is 1.12 bits per heavy atom. The fourth-order valence-corrected chi connectivity index (χ4v) is 4.22. The quantitative estimate of drug-likeness (QED) is 0.675. The Kier molecular flexibility index (Phi) is 5.27. The van der Waals surface area contributed by atoms with Crippen LogP contribution in [0.4, 0.5) is 5.69 Å². The minimum Gasteiger partial charge on any atom is -0.371 e. The van der Waals surface area contributed by atoms with E-state index in [0.717, 1.165) is 31.0 Å². The molecule has 0 N–H and O–H groups in total. The van der Waals surface area contributed by atoms with E-state index in [2.05, 4.69) is 68.6 Å². The van der Waals surface area contributed by atoms with Crippen LogP contribution in [0.2, 0.25) is 0 Å². The van der Waals surface area contributed by atoms with Gasteiger partial charge in [-0.1, -0.05) is 18.2 Å². The molecule has 4 rings (SSSR count). The van der Waals surface area contributed by atoms with Gasteiger partial charge in [-0.05, 0) is 44.2 Å². The molecule has 1 aliphatic rings. The van der Waals surface area contributed by atoms with Gasteiger partial charge in [0.2, 0.25) is 0 Å². The Morgan fingerprint density at radius 3 is 2.73 bits per heavy atom. The molecule has 26 heavy (non-hydrogen) atoms. The zero-order valence-corrected chi connectivity index (χ0v) is 15.9. The average Bonchev–Trinajstić information content (AvgIpc) is 3.24. The van der Waals surface area contributed by atoms with E-state index >= 15 is 0 Å². The van der Waals surface area contributed by atoms with Gasteiger partial charge in [0.05, 0.1) is 16.9 Å². The van der Waals surface area contributed by atoms with Crippen LogP contribution in [-0.4, -0.2) is 41.0 Å². The zero-order chi connectivity index (χ0) is 17.8. The van der Waals surface area contributed by atoms with Crippen LogP contribution in [0.5, 0.6) is 0 Å². The third-order valence-corrected chi connectivity index (χ3v) is 5.75. The Balaban J connectivity index is 1.37. The first-order chi connectivity index (χ1) is 12.8. The highest BCUT2D eigenvalue weighted by Gasteiger charge is 2.23. The minimum atomic E-state index is 0.620. The predicted molar refractivity (Wildman–Crippen MR) is 108 cm³/mol. The molecule has 0 spiro atoms. The van der Waals surface area contributed by atoms with Gasteiger partial charge in [0.25, 0.3) is 0 Å². The van der Waals surface area contributed by atoms with Crippen molar-refractivity contribution >= 4 is 17.0 Å². The molecular weight excluding hydrogens is 340 g/mol. The van der Waals surface area contributed by atoms with Crippen molar-refractivity contribution in [1.82, 2.24) is 14.9 Å². The molecule has 1 aliphatic heterocycles. The van der Waals surface area contributed by atoms with E-state index in [9.17, 15) is 0 Å². The van der Waals surface area contributed by atoms with E-state index in [1.807, 2.05) is 17.8 Å². The first kappa shape index (κ1) is 17.2. The van der Waals surface area contributed by atoms with Crippen molar-refractivity contribution in [3.63, 3.8) is 0 Å². The summed E-state index contributed by atoms with van der Waals surface area (Å²) in [6.45, 7) is 3.11. The largest absolute Gasteiger partial charge is 0.371 e. The predicted octanol–water partition coefficient (Wildman–Crippen LogP) is 4.31. The second-order valence-electron chi connectivity index (χ2n) is 6.88. The lowest BCUT2D eigenvalue weighted by Crippen LogP contribution is -2.43. The van der Waals surface area contributed by atoms with Gasteiger partial charge in [0.1, 0.15) is 0 Å². The maximum Gasteiger partial charge on any atom is 0.0811 e. The number of nitrogens with zero attached hydrogens (tertiary/aromatic N) is 4. The summed E-state index contributed by atoms with van der Waals surface area (Å²) in [6.07, 6.45) is 4.25. The second kappa shape index (κ2) is 7.98. The van der Waals surface area contributed by atoms with Gasteiger partial charge in [-0.2, -0.15) is 0 Å². The highest BCUT2D eigenvalue weighted by molar-refractivity contribution is 7.07. The molecule has 0 atom stereocenters. The number of rotatable bonds is 5. The molecule has 2 aromatic heterocycles. The fourth-order valence-electron chi connectivity index (χ4n) is 3.66. The van der Waals surface area contributed by atoms with Gasteiger partial charge in [-0.3, -0.25) is 9.88 Å². The smallest absolute Gasteiger partial charge is 0.0811 e. The molecule has 1 fully saturated rings. The van der Waals surface area contributed by atoms with E-state index in [1.165, 1.54) is 24.1 Å². The van der Waals surface area contributed by atoms with Crippen LogP contribution < -0.4 is 4.90 Å². The van der Waals surface area contributed by atoms with Gasteiger partial charge >= 0.3 is 0 Å². The molecule has 0 aliphatic carbocycles. The summed E-state index contributed by atoms with van der Waals surface area (Å²) in [5.41, 5.74) is 6.62. The second-order valence-corrected chi connectivity index (χ2v) is 7.60. The Morgan fingerprint density at radius 2 is 2.00 bits per heavy atom. The van der Waals surface area contributed by atoms with Gasteiger partial charge in [0, 0.05) is 48.5 Å². The van der Waals surface area contributed by atoms with Crippen LogP contribution in [0, 0.1) is 0 Å². The summed E-state index contributed by atoms with van der Waals surface area (Å²) in [4.78, 5) is 13.8. The van der Waals surface area contributed by atoms with E-state index in [0.29, 0.717) is 6.04 Å². The highest BCUT2D eigenvalue weighted by atomic mass is 32.1. The normalized spacial score (nSPS) is 15.5. The number of anilines is 1. The molecule has 3 aromatic rings.